The molecule has 2 aromatic carbocycles. The molecule has 2 rings (SSSR count). The fraction of sp³-hybridized carbons (Fsp3) is 0.133. The lowest BCUT2D eigenvalue weighted by molar-refractivity contribution is 0.0682. The zero-order valence-corrected chi connectivity index (χ0v) is 14.1. The van der Waals surface area contributed by atoms with E-state index in [1.165, 1.54) is 24.3 Å². The van der Waals surface area contributed by atoms with Crippen LogP contribution in [0.15, 0.2) is 29.2 Å². The van der Waals surface area contributed by atoms with Gasteiger partial charge in [0, 0.05) is 0 Å². The number of aliphatic hydroxyl groups excluding tert-OH is 1. The second kappa shape index (κ2) is 8.41. The second-order valence-corrected chi connectivity index (χ2v) is 6.39. The maximum Gasteiger partial charge on any atom is 0.341 e. The largest absolute Gasteiger partial charge is 0.477 e. The standard InChI is InChI=1S/C8H10O4S.C7HF5O2/c1-6(9)7-2-4-8(5-3-7)13(10,11)12;8-2-1(7(13)14)3(9)5(11)6(12)4(2)10/h2-6,9H,1H3,(H,10,11,12);(H,13,14). The fourth-order valence-corrected chi connectivity index (χ4v) is 2.19. The summed E-state index contributed by atoms with van der Waals surface area (Å²) >= 11 is 0. The maximum atomic E-state index is 12.6. The predicted octanol–water partition coefficient (Wildman–Crippen LogP) is 3.07. The lowest BCUT2D eigenvalue weighted by Gasteiger charge is -2.04. The molecule has 6 nitrogen and oxygen atoms in total. The smallest absolute Gasteiger partial charge is 0.341 e. The molecule has 0 aliphatic carbocycles. The van der Waals surface area contributed by atoms with Gasteiger partial charge in [0.1, 0.15) is 5.56 Å². The molecular formula is C15H11F5O6S. The highest BCUT2D eigenvalue weighted by Crippen LogP contribution is 2.22. The van der Waals surface area contributed by atoms with Gasteiger partial charge in [0.25, 0.3) is 10.1 Å². The first kappa shape index (κ1) is 22.5. The van der Waals surface area contributed by atoms with Crippen molar-refractivity contribution in [3.05, 3.63) is 64.5 Å². The third kappa shape index (κ3) is 5.21. The molecule has 2 aromatic rings. The lowest BCUT2D eigenvalue weighted by Crippen LogP contribution is -2.11. The quantitative estimate of drug-likeness (QED) is 0.308. The molecule has 0 bridgehead atoms. The minimum atomic E-state index is -4.13. The van der Waals surface area contributed by atoms with Crippen molar-refractivity contribution in [2.45, 2.75) is 17.9 Å². The van der Waals surface area contributed by atoms with Crippen LogP contribution in [0.1, 0.15) is 28.9 Å². The van der Waals surface area contributed by atoms with Crippen LogP contribution in [0.5, 0.6) is 0 Å². The van der Waals surface area contributed by atoms with E-state index in [4.69, 9.17) is 14.8 Å². The topological polar surface area (TPSA) is 112 Å². The highest BCUT2D eigenvalue weighted by molar-refractivity contribution is 7.85. The Labute approximate surface area is 149 Å². The molecule has 0 saturated carbocycles. The fourth-order valence-electron chi connectivity index (χ4n) is 1.71. The summed E-state index contributed by atoms with van der Waals surface area (Å²) in [5.41, 5.74) is -1.26. The van der Waals surface area contributed by atoms with E-state index in [1.54, 1.807) is 6.92 Å². The van der Waals surface area contributed by atoms with Gasteiger partial charge in [0.15, 0.2) is 23.3 Å². The van der Waals surface area contributed by atoms with Crippen LogP contribution < -0.4 is 0 Å². The molecular weight excluding hydrogens is 403 g/mol. The number of rotatable bonds is 3. The van der Waals surface area contributed by atoms with Gasteiger partial charge in [0.2, 0.25) is 5.82 Å². The molecule has 0 spiro atoms. The maximum absolute atomic E-state index is 12.6. The van der Waals surface area contributed by atoms with Gasteiger partial charge in [-0.05, 0) is 24.6 Å². The van der Waals surface area contributed by atoms with E-state index in [-0.39, 0.29) is 4.90 Å². The van der Waals surface area contributed by atoms with Gasteiger partial charge in [-0.1, -0.05) is 12.1 Å². The summed E-state index contributed by atoms with van der Waals surface area (Å²) in [5.74, 6) is -13.9. The molecule has 1 unspecified atom stereocenters. The van der Waals surface area contributed by atoms with Crippen LogP contribution in [0.4, 0.5) is 22.0 Å². The molecule has 0 radical (unpaired) electrons. The van der Waals surface area contributed by atoms with Gasteiger partial charge >= 0.3 is 5.97 Å². The third-order valence-corrected chi connectivity index (χ3v) is 3.95. The molecule has 0 amide bonds. The second-order valence-electron chi connectivity index (χ2n) is 4.97. The summed E-state index contributed by atoms with van der Waals surface area (Å²) in [6.45, 7) is 1.57. The van der Waals surface area contributed by atoms with Crippen LogP contribution in [-0.2, 0) is 10.1 Å². The third-order valence-electron chi connectivity index (χ3n) is 3.08. The average molecular weight is 414 g/mol. The van der Waals surface area contributed by atoms with Crippen LogP contribution in [0.2, 0.25) is 0 Å². The minimum Gasteiger partial charge on any atom is -0.477 e. The van der Waals surface area contributed by atoms with Crippen molar-refractivity contribution in [1.82, 2.24) is 0 Å². The van der Waals surface area contributed by atoms with Crippen LogP contribution in [0, 0.1) is 29.1 Å². The summed E-state index contributed by atoms with van der Waals surface area (Å²) in [6, 6.07) is 5.40. The van der Waals surface area contributed by atoms with E-state index in [1.807, 2.05) is 0 Å². The predicted molar refractivity (Wildman–Crippen MR) is 80.1 cm³/mol. The van der Waals surface area contributed by atoms with Gasteiger partial charge in [-0.3, -0.25) is 4.55 Å². The monoisotopic (exact) mass is 414 g/mol. The molecule has 0 saturated heterocycles. The van der Waals surface area contributed by atoms with Crippen molar-refractivity contribution >= 4 is 16.1 Å². The van der Waals surface area contributed by atoms with E-state index in [2.05, 4.69) is 0 Å². The van der Waals surface area contributed by atoms with E-state index in [9.17, 15) is 35.2 Å². The molecule has 0 aliphatic rings. The first-order valence-corrected chi connectivity index (χ1v) is 8.23. The zero-order chi connectivity index (χ0) is 21.1. The van der Waals surface area contributed by atoms with Crippen molar-refractivity contribution in [2.24, 2.45) is 0 Å². The molecule has 27 heavy (non-hydrogen) atoms. The molecule has 12 heteroatoms. The Morgan fingerprint density at radius 1 is 0.889 bits per heavy atom. The van der Waals surface area contributed by atoms with Gasteiger partial charge in [-0.25, -0.2) is 26.7 Å². The Bertz CT molecular complexity index is 929. The zero-order valence-electron chi connectivity index (χ0n) is 13.3. The molecule has 3 N–H and O–H groups in total. The van der Waals surface area contributed by atoms with E-state index in [0.29, 0.717) is 5.56 Å². The van der Waals surface area contributed by atoms with Crippen LogP contribution in [-0.4, -0.2) is 29.2 Å². The summed E-state index contributed by atoms with van der Waals surface area (Å²) in [4.78, 5) is 9.95. The Morgan fingerprint density at radius 2 is 1.26 bits per heavy atom. The highest BCUT2D eigenvalue weighted by Gasteiger charge is 2.29. The molecule has 1 atom stereocenters. The summed E-state index contributed by atoms with van der Waals surface area (Å²) in [7, 11) is -4.13. The van der Waals surface area contributed by atoms with Crippen LogP contribution in [0.3, 0.4) is 0 Å². The van der Waals surface area contributed by atoms with Gasteiger partial charge in [0.05, 0.1) is 11.0 Å². The molecule has 0 heterocycles. The number of aliphatic hydroxyl groups is 1. The number of benzene rings is 2. The first-order valence-electron chi connectivity index (χ1n) is 6.79. The Hall–Kier alpha value is -2.57. The van der Waals surface area contributed by atoms with Gasteiger partial charge in [-0.15, -0.1) is 0 Å². The average Bonchev–Trinajstić information content (AvgIpc) is 2.58. The summed E-state index contributed by atoms with van der Waals surface area (Å²) in [5, 5.41) is 17.3. The SMILES string of the molecule is CC(O)c1ccc(S(=O)(=O)O)cc1.O=C(O)c1c(F)c(F)c(F)c(F)c1F. The number of aromatic carboxylic acids is 1. The number of hydrogen-bond donors (Lipinski definition) is 3. The van der Waals surface area contributed by atoms with Crippen molar-refractivity contribution in [1.29, 1.82) is 0 Å². The highest BCUT2D eigenvalue weighted by atomic mass is 32.2. The number of carboxylic acids is 1. The van der Waals surface area contributed by atoms with Crippen LogP contribution in [0.25, 0.3) is 0 Å². The minimum absolute atomic E-state index is 0.170. The summed E-state index contributed by atoms with van der Waals surface area (Å²) < 4.78 is 92.0. The number of hydrogen-bond acceptors (Lipinski definition) is 4. The molecule has 0 aromatic heterocycles. The Morgan fingerprint density at radius 3 is 1.56 bits per heavy atom. The van der Waals surface area contributed by atoms with Gasteiger partial charge < -0.3 is 10.2 Å². The van der Waals surface area contributed by atoms with Crippen molar-refractivity contribution in [2.75, 3.05) is 0 Å². The first-order chi connectivity index (χ1) is 12.3. The van der Waals surface area contributed by atoms with Crippen LogP contribution >= 0.6 is 0 Å². The van der Waals surface area contributed by atoms with Gasteiger partial charge in [-0.2, -0.15) is 8.42 Å². The van der Waals surface area contributed by atoms with Crippen molar-refractivity contribution in [3.8, 4) is 0 Å². The number of carboxylic acid groups (broad SMARTS) is 1. The lowest BCUT2D eigenvalue weighted by atomic mass is 10.1. The van der Waals surface area contributed by atoms with Crippen molar-refractivity contribution < 1.29 is 49.9 Å². The normalized spacial score (nSPS) is 12.1. The van der Waals surface area contributed by atoms with E-state index in [0.717, 1.165) is 0 Å². The molecule has 0 fully saturated rings. The van der Waals surface area contributed by atoms with Crippen molar-refractivity contribution in [3.63, 3.8) is 0 Å². The Balaban J connectivity index is 0.000000271. The van der Waals surface area contributed by atoms with E-state index >= 15 is 0 Å². The summed E-state index contributed by atoms with van der Waals surface area (Å²) in [6.07, 6.45) is -0.643. The molecule has 148 valence electrons. The number of carbonyl (C=O) groups is 1. The Kier molecular flexibility index (Phi) is 7.00. The van der Waals surface area contributed by atoms with E-state index < -0.39 is 56.8 Å². The molecule has 0 aliphatic heterocycles. The number of halogens is 5.